The normalized spacial score (nSPS) is 15.6. The second-order valence-corrected chi connectivity index (χ2v) is 5.50. The van der Waals surface area contributed by atoms with Crippen LogP contribution in [0, 0.1) is 0 Å². The van der Waals surface area contributed by atoms with Crippen LogP contribution in [0.2, 0.25) is 0 Å². The van der Waals surface area contributed by atoms with Gasteiger partial charge in [0, 0.05) is 12.4 Å². The molecule has 0 aromatic heterocycles. The molecule has 0 spiro atoms. The largest absolute Gasteiger partial charge is 0.550 e. The summed E-state index contributed by atoms with van der Waals surface area (Å²) >= 11 is 0. The molecule has 0 aromatic carbocycles. The summed E-state index contributed by atoms with van der Waals surface area (Å²) < 4.78 is 5.77. The van der Waals surface area contributed by atoms with E-state index in [9.17, 15) is 15.0 Å². The number of carbonyl (C=O) groups excluding carboxylic acids is 1. The van der Waals surface area contributed by atoms with E-state index in [1.54, 1.807) is 0 Å². The fraction of sp³-hybridized carbons (Fsp3) is 0.917. The number of nitrogens with zero attached hydrogens (tertiary/aromatic N) is 1. The van der Waals surface area contributed by atoms with E-state index in [-0.39, 0.29) is 6.54 Å². The Hall–Kier alpha value is -0.650. The number of rotatable bonds is 9. The van der Waals surface area contributed by atoms with Crippen LogP contribution in [0.1, 0.15) is 32.6 Å². The topological polar surface area (TPSA) is 69.6 Å². The number of aliphatic carboxylic acids is 1. The summed E-state index contributed by atoms with van der Waals surface area (Å²) in [5.41, 5.74) is 0. The first-order valence-corrected chi connectivity index (χ1v) is 6.05. The van der Waals surface area contributed by atoms with Gasteiger partial charge in [-0.3, -0.25) is 0 Å². The third-order valence-electron chi connectivity index (χ3n) is 2.26. The van der Waals surface area contributed by atoms with Crippen LogP contribution in [-0.2, 0) is 9.53 Å². The zero-order valence-corrected chi connectivity index (χ0v) is 11.4. The van der Waals surface area contributed by atoms with Crippen molar-refractivity contribution < 1.29 is 24.2 Å². The minimum Gasteiger partial charge on any atom is -0.550 e. The molecule has 0 aliphatic carbocycles. The number of unbranched alkanes of at least 4 members (excludes halogenated alkanes) is 2. The first-order chi connectivity index (χ1) is 7.68. The van der Waals surface area contributed by atoms with E-state index < -0.39 is 18.2 Å². The lowest BCUT2D eigenvalue weighted by Gasteiger charge is -2.35. The highest BCUT2D eigenvalue weighted by Crippen LogP contribution is 2.16. The van der Waals surface area contributed by atoms with E-state index in [0.717, 1.165) is 19.3 Å². The molecule has 0 saturated heterocycles. The average molecular weight is 247 g/mol. The van der Waals surface area contributed by atoms with Gasteiger partial charge in [-0.25, -0.2) is 0 Å². The molecule has 1 unspecified atom stereocenters. The Kier molecular flexibility index (Phi) is 6.67. The van der Waals surface area contributed by atoms with E-state index >= 15 is 0 Å². The van der Waals surface area contributed by atoms with E-state index in [4.69, 9.17) is 4.74 Å². The van der Waals surface area contributed by atoms with Crippen molar-refractivity contribution in [3.05, 3.63) is 0 Å². The fourth-order valence-electron chi connectivity index (χ4n) is 1.73. The van der Waals surface area contributed by atoms with Crippen molar-refractivity contribution in [2.45, 2.75) is 38.4 Å². The van der Waals surface area contributed by atoms with Gasteiger partial charge in [0.15, 0.2) is 0 Å². The van der Waals surface area contributed by atoms with Gasteiger partial charge in [-0.15, -0.1) is 0 Å². The third kappa shape index (κ3) is 9.09. The van der Waals surface area contributed by atoms with Crippen LogP contribution in [0.3, 0.4) is 0 Å². The summed E-state index contributed by atoms with van der Waals surface area (Å²) in [6.07, 6.45) is 2.39. The van der Waals surface area contributed by atoms with Gasteiger partial charge in [-0.2, -0.15) is 0 Å². The molecule has 5 heteroatoms. The second-order valence-electron chi connectivity index (χ2n) is 5.50. The maximum Gasteiger partial charge on any atom is 0.221 e. The lowest BCUT2D eigenvalue weighted by Crippen LogP contribution is -2.53. The average Bonchev–Trinajstić information content (AvgIpc) is 2.07. The zero-order valence-electron chi connectivity index (χ0n) is 11.4. The quantitative estimate of drug-likeness (QED) is 0.346. The first kappa shape index (κ1) is 16.4. The number of carboxylic acid groups (broad SMARTS) is 1. The molecule has 102 valence electrons. The van der Waals surface area contributed by atoms with Gasteiger partial charge in [-0.1, -0.05) is 19.8 Å². The second kappa shape index (κ2) is 6.93. The summed E-state index contributed by atoms with van der Waals surface area (Å²) in [5, 5.41) is 20.8. The summed E-state index contributed by atoms with van der Waals surface area (Å²) in [5.74, 6) is -2.93. The van der Waals surface area contributed by atoms with Crippen molar-refractivity contribution in [1.82, 2.24) is 0 Å². The highest BCUT2D eigenvalue weighted by atomic mass is 16.6. The highest BCUT2D eigenvalue weighted by molar-refractivity contribution is 5.65. The Balaban J connectivity index is 4.34. The minimum atomic E-state index is -1.63. The molecular weight excluding hydrogens is 222 g/mol. The van der Waals surface area contributed by atoms with Gasteiger partial charge in [0.25, 0.3) is 0 Å². The van der Waals surface area contributed by atoms with Crippen LogP contribution >= 0.6 is 0 Å². The predicted octanol–water partition coefficient (Wildman–Crippen LogP) is -0.272. The lowest BCUT2D eigenvalue weighted by atomic mass is 10.1. The van der Waals surface area contributed by atoms with Gasteiger partial charge < -0.3 is 24.2 Å². The van der Waals surface area contributed by atoms with Crippen LogP contribution in [0.15, 0.2) is 0 Å². The molecule has 0 radical (unpaired) electrons. The molecule has 0 aliphatic heterocycles. The SMILES string of the molecule is CCCCCOC(O)(CC(=O)[O-])C[N+](C)(C)C. The van der Waals surface area contributed by atoms with E-state index in [1.165, 1.54) is 0 Å². The lowest BCUT2D eigenvalue weighted by molar-refractivity contribution is -0.881. The van der Waals surface area contributed by atoms with Crippen LogP contribution in [-0.4, -0.2) is 55.6 Å². The zero-order chi connectivity index (χ0) is 13.5. The molecule has 5 nitrogen and oxygen atoms in total. The number of likely N-dealkylation sites (N-methyl/N-ethyl adjacent to an activating group) is 1. The molecule has 17 heavy (non-hydrogen) atoms. The van der Waals surface area contributed by atoms with Crippen molar-refractivity contribution in [3.63, 3.8) is 0 Å². The smallest absolute Gasteiger partial charge is 0.221 e. The monoisotopic (exact) mass is 247 g/mol. The summed E-state index contributed by atoms with van der Waals surface area (Å²) in [7, 11) is 5.61. The Morgan fingerprint density at radius 3 is 2.35 bits per heavy atom. The van der Waals surface area contributed by atoms with Crippen LogP contribution in [0.25, 0.3) is 0 Å². The molecule has 0 rings (SSSR count). The van der Waals surface area contributed by atoms with E-state index in [1.807, 2.05) is 21.1 Å². The number of hydrogen-bond acceptors (Lipinski definition) is 4. The van der Waals surface area contributed by atoms with Crippen molar-refractivity contribution in [2.24, 2.45) is 0 Å². The number of hydrogen-bond donors (Lipinski definition) is 1. The Labute approximate surface area is 104 Å². The number of ether oxygens (including phenoxy) is 1. The molecule has 0 amide bonds. The van der Waals surface area contributed by atoms with Crippen LogP contribution in [0.4, 0.5) is 0 Å². The maximum absolute atomic E-state index is 10.6. The van der Waals surface area contributed by atoms with Crippen molar-refractivity contribution in [1.29, 1.82) is 0 Å². The molecule has 0 aromatic rings. The number of carboxylic acids is 1. The van der Waals surface area contributed by atoms with Crippen molar-refractivity contribution in [3.8, 4) is 0 Å². The van der Waals surface area contributed by atoms with Crippen LogP contribution < -0.4 is 5.11 Å². The predicted molar refractivity (Wildman–Crippen MR) is 63.0 cm³/mol. The van der Waals surface area contributed by atoms with Gasteiger partial charge in [0.05, 0.1) is 27.7 Å². The Bertz CT molecular complexity index is 237. The Morgan fingerprint density at radius 1 is 1.35 bits per heavy atom. The number of aliphatic hydroxyl groups is 1. The van der Waals surface area contributed by atoms with Gasteiger partial charge in [0.2, 0.25) is 5.79 Å². The molecule has 0 heterocycles. The molecule has 1 N–H and O–H groups in total. The minimum absolute atomic E-state index is 0.215. The summed E-state index contributed by atoms with van der Waals surface area (Å²) in [4.78, 5) is 10.6. The van der Waals surface area contributed by atoms with E-state index in [2.05, 4.69) is 6.92 Å². The first-order valence-electron chi connectivity index (χ1n) is 6.05. The highest BCUT2D eigenvalue weighted by Gasteiger charge is 2.34. The molecule has 1 atom stereocenters. The van der Waals surface area contributed by atoms with Gasteiger partial charge in [0.1, 0.15) is 6.54 Å². The standard InChI is InChI=1S/C12H25NO4/c1-5-6-7-8-17-12(16,9-11(14)15)10-13(2,3)4/h16H,5-10H2,1-4H3. The fourth-order valence-corrected chi connectivity index (χ4v) is 1.73. The Morgan fingerprint density at radius 2 is 1.94 bits per heavy atom. The van der Waals surface area contributed by atoms with Crippen molar-refractivity contribution in [2.75, 3.05) is 34.3 Å². The van der Waals surface area contributed by atoms with Gasteiger partial charge in [-0.05, 0) is 6.42 Å². The molecule has 0 fully saturated rings. The maximum atomic E-state index is 10.6. The van der Waals surface area contributed by atoms with E-state index in [0.29, 0.717) is 11.1 Å². The van der Waals surface area contributed by atoms with Crippen LogP contribution in [0.5, 0.6) is 0 Å². The number of carbonyl (C=O) groups is 1. The molecule has 0 bridgehead atoms. The summed E-state index contributed by atoms with van der Waals surface area (Å²) in [6, 6.07) is 0. The molecular formula is C12H25NO4. The van der Waals surface area contributed by atoms with Gasteiger partial charge >= 0.3 is 0 Å². The molecule has 0 aliphatic rings. The number of quaternary nitrogens is 1. The van der Waals surface area contributed by atoms with Crippen molar-refractivity contribution >= 4 is 5.97 Å². The third-order valence-corrected chi connectivity index (χ3v) is 2.26. The summed E-state index contributed by atoms with van der Waals surface area (Å²) in [6.45, 7) is 2.66. The molecule has 0 saturated carbocycles.